The fraction of sp³-hybridized carbons (Fsp3) is 0.316. The fourth-order valence-corrected chi connectivity index (χ4v) is 4.85. The highest BCUT2D eigenvalue weighted by molar-refractivity contribution is 8.03. The molecule has 1 aromatic carbocycles. The molecular weight excluding hydrogens is 308 g/mol. The Morgan fingerprint density at radius 1 is 1.30 bits per heavy atom. The van der Waals surface area contributed by atoms with E-state index in [1.807, 2.05) is 18.2 Å². The van der Waals surface area contributed by atoms with E-state index < -0.39 is 6.10 Å². The summed E-state index contributed by atoms with van der Waals surface area (Å²) in [7, 11) is 1.41. The summed E-state index contributed by atoms with van der Waals surface area (Å²) in [5.41, 5.74) is 4.72. The number of hydrogen-bond acceptors (Lipinski definition) is 4. The molecule has 0 aromatic heterocycles. The van der Waals surface area contributed by atoms with Crippen LogP contribution in [-0.2, 0) is 16.0 Å². The van der Waals surface area contributed by atoms with Crippen molar-refractivity contribution in [3.05, 3.63) is 57.5 Å². The van der Waals surface area contributed by atoms with Crippen molar-refractivity contribution in [2.45, 2.75) is 36.7 Å². The van der Waals surface area contributed by atoms with Crippen molar-refractivity contribution >= 4 is 23.3 Å². The normalized spacial score (nSPS) is 22.0. The van der Waals surface area contributed by atoms with Gasteiger partial charge in [-0.2, -0.15) is 0 Å². The molecule has 0 saturated carbocycles. The monoisotopic (exact) mass is 326 g/mol. The van der Waals surface area contributed by atoms with Gasteiger partial charge in [-0.25, -0.2) is 4.79 Å². The van der Waals surface area contributed by atoms with E-state index in [0.29, 0.717) is 5.57 Å². The molecule has 4 heteroatoms. The van der Waals surface area contributed by atoms with Crippen molar-refractivity contribution < 1.29 is 14.6 Å². The van der Waals surface area contributed by atoms with Crippen molar-refractivity contribution in [3.8, 4) is 0 Å². The van der Waals surface area contributed by atoms with Gasteiger partial charge >= 0.3 is 5.97 Å². The number of aliphatic hydroxyl groups is 1. The number of methoxy groups -OCH3 is 1. The molecule has 2 aliphatic carbocycles. The van der Waals surface area contributed by atoms with Gasteiger partial charge < -0.3 is 9.84 Å². The fourth-order valence-electron chi connectivity index (χ4n) is 3.51. The Morgan fingerprint density at radius 2 is 2.13 bits per heavy atom. The Bertz CT molecular complexity index is 786. The minimum Gasteiger partial charge on any atom is -0.465 e. The minimum absolute atomic E-state index is 0.327. The average molecular weight is 326 g/mol. The van der Waals surface area contributed by atoms with Gasteiger partial charge in [0, 0.05) is 15.4 Å². The van der Waals surface area contributed by atoms with Gasteiger partial charge in [-0.05, 0) is 48.5 Å². The second-order valence-electron chi connectivity index (χ2n) is 6.03. The number of carbonyl (C=O) groups excluding carboxylic acids is 1. The number of allylic oxidation sites excluding steroid dienone is 4. The molecule has 0 fully saturated rings. The van der Waals surface area contributed by atoms with E-state index in [4.69, 9.17) is 4.74 Å². The first-order valence-electron chi connectivity index (χ1n) is 7.92. The maximum Gasteiger partial charge on any atom is 0.338 e. The SMILES string of the molecule is COC(=O)C1=CC2=CCCC=C2Sc2c1ccc1c2C(O)CC1. The molecule has 0 amide bonds. The third-order valence-corrected chi connectivity index (χ3v) is 5.93. The number of carbonyl (C=O) groups is 1. The molecule has 0 radical (unpaired) electrons. The number of aliphatic hydroxyl groups excluding tert-OH is 1. The lowest BCUT2D eigenvalue weighted by molar-refractivity contribution is -0.133. The van der Waals surface area contributed by atoms with Crippen LogP contribution in [0.15, 0.2) is 45.7 Å². The van der Waals surface area contributed by atoms with Gasteiger partial charge in [0.05, 0.1) is 18.8 Å². The molecule has 1 N–H and O–H groups in total. The zero-order valence-corrected chi connectivity index (χ0v) is 13.8. The average Bonchev–Trinajstić information content (AvgIpc) is 2.86. The van der Waals surface area contributed by atoms with Gasteiger partial charge in [-0.3, -0.25) is 0 Å². The van der Waals surface area contributed by atoms with E-state index in [2.05, 4.69) is 12.2 Å². The van der Waals surface area contributed by atoms with Crippen LogP contribution in [0.2, 0.25) is 0 Å². The Hall–Kier alpha value is -1.78. The van der Waals surface area contributed by atoms with E-state index in [1.54, 1.807) is 11.8 Å². The maximum absolute atomic E-state index is 12.3. The highest BCUT2D eigenvalue weighted by atomic mass is 32.2. The third kappa shape index (κ3) is 2.37. The standard InChI is InChI=1S/C19H18O3S/c1-22-19(21)14-10-12-4-2-3-5-16(12)23-18-13(14)8-6-11-7-9-15(20)17(11)18/h4-6,8,10,15,20H,2-3,7,9H2,1H3. The molecular formula is C19H18O3S. The first kappa shape index (κ1) is 14.8. The Labute approximate surface area is 139 Å². The third-order valence-electron chi connectivity index (χ3n) is 4.66. The molecule has 1 atom stereocenters. The predicted molar refractivity (Wildman–Crippen MR) is 91.0 cm³/mol. The number of fused-ring (bicyclic) bond motifs is 4. The van der Waals surface area contributed by atoms with E-state index >= 15 is 0 Å². The van der Waals surface area contributed by atoms with Crippen LogP contribution in [0.3, 0.4) is 0 Å². The van der Waals surface area contributed by atoms with Gasteiger partial charge in [0.25, 0.3) is 0 Å². The molecule has 0 saturated heterocycles. The summed E-state index contributed by atoms with van der Waals surface area (Å²) in [6.07, 6.45) is 9.54. The quantitative estimate of drug-likeness (QED) is 0.794. The van der Waals surface area contributed by atoms with Crippen LogP contribution in [0.1, 0.15) is 42.1 Å². The number of thioether (sulfide) groups is 1. The number of hydrogen-bond donors (Lipinski definition) is 1. The zero-order valence-electron chi connectivity index (χ0n) is 13.0. The Morgan fingerprint density at radius 3 is 2.96 bits per heavy atom. The first-order valence-corrected chi connectivity index (χ1v) is 8.73. The maximum atomic E-state index is 12.3. The van der Waals surface area contributed by atoms with Crippen LogP contribution in [0.4, 0.5) is 0 Å². The van der Waals surface area contributed by atoms with Crippen LogP contribution in [0.25, 0.3) is 5.57 Å². The van der Waals surface area contributed by atoms with Crippen LogP contribution < -0.4 is 0 Å². The largest absolute Gasteiger partial charge is 0.465 e. The minimum atomic E-state index is -0.443. The lowest BCUT2D eigenvalue weighted by atomic mass is 9.96. The Balaban J connectivity index is 1.97. The van der Waals surface area contributed by atoms with Crippen molar-refractivity contribution in [2.24, 2.45) is 0 Å². The van der Waals surface area contributed by atoms with Crippen LogP contribution in [-0.4, -0.2) is 18.2 Å². The molecule has 1 unspecified atom stereocenters. The van der Waals surface area contributed by atoms with Crippen molar-refractivity contribution in [2.75, 3.05) is 7.11 Å². The second kappa shape index (κ2) is 5.69. The number of aryl methyl sites for hydroxylation is 1. The lowest BCUT2D eigenvalue weighted by Gasteiger charge is -2.16. The summed E-state index contributed by atoms with van der Waals surface area (Å²) >= 11 is 1.68. The lowest BCUT2D eigenvalue weighted by Crippen LogP contribution is -2.06. The van der Waals surface area contributed by atoms with Gasteiger partial charge in [-0.15, -0.1) is 0 Å². The first-order chi connectivity index (χ1) is 11.2. The number of ether oxygens (including phenoxy) is 1. The van der Waals surface area contributed by atoms with Crippen molar-refractivity contribution in [1.29, 1.82) is 0 Å². The smallest absolute Gasteiger partial charge is 0.338 e. The van der Waals surface area contributed by atoms with Gasteiger partial charge in [0.15, 0.2) is 0 Å². The molecule has 3 nitrogen and oxygen atoms in total. The van der Waals surface area contributed by atoms with Crippen LogP contribution in [0.5, 0.6) is 0 Å². The molecule has 23 heavy (non-hydrogen) atoms. The summed E-state index contributed by atoms with van der Waals surface area (Å²) in [6.45, 7) is 0. The van der Waals surface area contributed by atoms with Gasteiger partial charge in [0.1, 0.15) is 0 Å². The zero-order chi connectivity index (χ0) is 16.0. The van der Waals surface area contributed by atoms with E-state index in [0.717, 1.165) is 47.3 Å². The molecule has 1 heterocycles. The molecule has 3 aliphatic rings. The number of rotatable bonds is 1. The van der Waals surface area contributed by atoms with E-state index in [-0.39, 0.29) is 5.97 Å². The number of esters is 1. The second-order valence-corrected chi connectivity index (χ2v) is 7.08. The topological polar surface area (TPSA) is 46.5 Å². The molecule has 4 rings (SSSR count). The summed E-state index contributed by atoms with van der Waals surface area (Å²) in [5, 5.41) is 10.4. The molecule has 1 aromatic rings. The predicted octanol–water partition coefficient (Wildman–Crippen LogP) is 3.93. The summed E-state index contributed by atoms with van der Waals surface area (Å²) in [5.74, 6) is -0.327. The van der Waals surface area contributed by atoms with Crippen molar-refractivity contribution in [3.63, 3.8) is 0 Å². The Kier molecular flexibility index (Phi) is 3.66. The van der Waals surface area contributed by atoms with Crippen LogP contribution >= 0.6 is 11.8 Å². The summed E-state index contributed by atoms with van der Waals surface area (Å²) in [4.78, 5) is 14.5. The molecule has 1 aliphatic heterocycles. The van der Waals surface area contributed by atoms with Crippen LogP contribution in [0, 0.1) is 0 Å². The van der Waals surface area contributed by atoms with E-state index in [9.17, 15) is 9.90 Å². The van der Waals surface area contributed by atoms with E-state index in [1.165, 1.54) is 17.6 Å². The summed E-state index contributed by atoms with van der Waals surface area (Å²) in [6, 6.07) is 4.04. The van der Waals surface area contributed by atoms with Crippen molar-refractivity contribution in [1.82, 2.24) is 0 Å². The highest BCUT2D eigenvalue weighted by Gasteiger charge is 2.31. The molecule has 0 bridgehead atoms. The summed E-state index contributed by atoms with van der Waals surface area (Å²) < 4.78 is 5.00. The van der Waals surface area contributed by atoms with Gasteiger partial charge in [-0.1, -0.05) is 36.0 Å². The number of benzene rings is 1. The molecule has 118 valence electrons. The van der Waals surface area contributed by atoms with Gasteiger partial charge in [0.2, 0.25) is 0 Å². The highest BCUT2D eigenvalue weighted by Crippen LogP contribution is 2.49. The molecule has 0 spiro atoms.